The number of aliphatic hydroxyl groups is 1. The first-order valence-electron chi connectivity index (χ1n) is 4.75. The van der Waals surface area contributed by atoms with E-state index < -0.39 is 0 Å². The predicted octanol–water partition coefficient (Wildman–Crippen LogP) is 0.951. The predicted molar refractivity (Wildman–Crippen MR) is 54.1 cm³/mol. The zero-order valence-electron chi connectivity index (χ0n) is 8.94. The molecule has 4 nitrogen and oxygen atoms in total. The van der Waals surface area contributed by atoms with Crippen LogP contribution in [0.5, 0.6) is 0 Å². The van der Waals surface area contributed by atoms with Crippen LogP contribution >= 0.6 is 0 Å². The van der Waals surface area contributed by atoms with Gasteiger partial charge in [-0.3, -0.25) is 0 Å². The van der Waals surface area contributed by atoms with E-state index >= 15 is 0 Å². The Hall–Kier alpha value is -0.420. The molecule has 0 aromatic rings. The first-order valence-corrected chi connectivity index (χ1v) is 4.75. The second-order valence-corrected chi connectivity index (χ2v) is 2.89. The fourth-order valence-electron chi connectivity index (χ4n) is 0.796. The highest BCUT2D eigenvalue weighted by Gasteiger charge is 1.98. The summed E-state index contributed by atoms with van der Waals surface area (Å²) in [5.41, 5.74) is 0. The fourth-order valence-corrected chi connectivity index (χ4v) is 0.796. The van der Waals surface area contributed by atoms with Crippen LogP contribution in [0.15, 0.2) is 12.2 Å². The summed E-state index contributed by atoms with van der Waals surface area (Å²) in [6.45, 7) is 3.47. The second kappa shape index (κ2) is 10.7. The number of hydrogen-bond donors (Lipinski definition) is 1. The highest BCUT2D eigenvalue weighted by Crippen LogP contribution is 1.98. The molecule has 4 heteroatoms. The van der Waals surface area contributed by atoms with E-state index in [1.54, 1.807) is 13.2 Å². The lowest BCUT2D eigenvalue weighted by molar-refractivity contribution is -0.0913. The van der Waals surface area contributed by atoms with Gasteiger partial charge in [-0.1, -0.05) is 12.2 Å². The number of rotatable bonds is 9. The van der Waals surface area contributed by atoms with Gasteiger partial charge in [0.1, 0.15) is 6.79 Å². The van der Waals surface area contributed by atoms with Gasteiger partial charge in [0.2, 0.25) is 0 Å². The number of aliphatic hydroxyl groups excluding tert-OH is 1. The Kier molecular flexibility index (Phi) is 10.3. The van der Waals surface area contributed by atoms with Crippen molar-refractivity contribution in [2.24, 2.45) is 0 Å². The maximum Gasteiger partial charge on any atom is 0.147 e. The van der Waals surface area contributed by atoms with Crippen LogP contribution in [0.25, 0.3) is 0 Å². The van der Waals surface area contributed by atoms with Gasteiger partial charge < -0.3 is 19.3 Å². The first kappa shape index (κ1) is 13.6. The summed E-state index contributed by atoms with van der Waals surface area (Å²) >= 11 is 0. The van der Waals surface area contributed by atoms with Crippen molar-refractivity contribution in [2.45, 2.75) is 19.4 Å². The Morgan fingerprint density at radius 2 is 2.07 bits per heavy atom. The van der Waals surface area contributed by atoms with Crippen molar-refractivity contribution in [3.63, 3.8) is 0 Å². The summed E-state index contributed by atoms with van der Waals surface area (Å²) in [6.07, 6.45) is 4.49. The Morgan fingerprint density at radius 3 is 2.71 bits per heavy atom. The minimum atomic E-state index is 0.0804. The summed E-state index contributed by atoms with van der Waals surface area (Å²) in [5.74, 6) is 0. The van der Waals surface area contributed by atoms with E-state index in [-0.39, 0.29) is 19.5 Å². The summed E-state index contributed by atoms with van der Waals surface area (Å²) in [6, 6.07) is 0. The van der Waals surface area contributed by atoms with Crippen LogP contribution in [-0.4, -0.2) is 44.9 Å². The number of hydrogen-bond acceptors (Lipinski definition) is 4. The van der Waals surface area contributed by atoms with E-state index in [9.17, 15) is 0 Å². The van der Waals surface area contributed by atoms with Crippen LogP contribution in [0.4, 0.5) is 0 Å². The van der Waals surface area contributed by atoms with Gasteiger partial charge in [-0.25, -0.2) is 0 Å². The molecule has 1 N–H and O–H groups in total. The molecule has 0 rings (SSSR count). The molecule has 0 radical (unpaired) electrons. The Bertz CT molecular complexity index is 136. The summed E-state index contributed by atoms with van der Waals surface area (Å²) in [5, 5.41) is 8.49. The normalized spacial score (nSPS) is 13.6. The molecule has 0 aliphatic carbocycles. The third-order valence-electron chi connectivity index (χ3n) is 1.61. The highest BCUT2D eigenvalue weighted by atomic mass is 16.7. The van der Waals surface area contributed by atoms with Crippen molar-refractivity contribution in [1.82, 2.24) is 0 Å². The molecule has 1 unspecified atom stereocenters. The quantitative estimate of drug-likeness (QED) is 0.345. The Morgan fingerprint density at radius 1 is 1.29 bits per heavy atom. The third kappa shape index (κ3) is 9.67. The molecule has 0 saturated carbocycles. The molecule has 0 aromatic heterocycles. The molecule has 84 valence electrons. The van der Waals surface area contributed by atoms with E-state index in [2.05, 4.69) is 0 Å². The fraction of sp³-hybridized carbons (Fsp3) is 0.800. The smallest absolute Gasteiger partial charge is 0.147 e. The van der Waals surface area contributed by atoms with Crippen molar-refractivity contribution >= 4 is 0 Å². The van der Waals surface area contributed by atoms with Gasteiger partial charge in [0.05, 0.1) is 25.9 Å². The molecular formula is C10H20O4. The lowest BCUT2D eigenvalue weighted by atomic mass is 10.3. The van der Waals surface area contributed by atoms with Crippen LogP contribution < -0.4 is 0 Å². The molecular weight excluding hydrogens is 184 g/mol. The van der Waals surface area contributed by atoms with Crippen molar-refractivity contribution in [3.05, 3.63) is 12.2 Å². The minimum Gasteiger partial charge on any atom is -0.392 e. The van der Waals surface area contributed by atoms with Gasteiger partial charge in [0.15, 0.2) is 0 Å². The third-order valence-corrected chi connectivity index (χ3v) is 1.61. The molecule has 0 bridgehead atoms. The molecule has 14 heavy (non-hydrogen) atoms. The molecule has 0 spiro atoms. The maximum absolute atomic E-state index is 8.49. The number of ether oxygens (including phenoxy) is 3. The topological polar surface area (TPSA) is 47.9 Å². The van der Waals surface area contributed by atoms with Gasteiger partial charge >= 0.3 is 0 Å². The summed E-state index contributed by atoms with van der Waals surface area (Å²) in [7, 11) is 1.63. The van der Waals surface area contributed by atoms with Crippen molar-refractivity contribution < 1.29 is 19.3 Å². The average molecular weight is 204 g/mol. The average Bonchev–Trinajstić information content (AvgIpc) is 2.18. The molecule has 0 amide bonds. The van der Waals surface area contributed by atoms with Crippen LogP contribution in [-0.2, 0) is 14.2 Å². The molecule has 0 fully saturated rings. The van der Waals surface area contributed by atoms with Gasteiger partial charge in [0, 0.05) is 7.11 Å². The van der Waals surface area contributed by atoms with E-state index in [4.69, 9.17) is 19.3 Å². The van der Waals surface area contributed by atoms with Crippen molar-refractivity contribution in [1.29, 1.82) is 0 Å². The highest BCUT2D eigenvalue weighted by molar-refractivity contribution is 4.82. The minimum absolute atomic E-state index is 0.0804. The van der Waals surface area contributed by atoms with E-state index in [0.29, 0.717) is 13.2 Å². The van der Waals surface area contributed by atoms with E-state index in [0.717, 1.165) is 6.42 Å². The zero-order valence-corrected chi connectivity index (χ0v) is 8.94. The molecule has 0 aromatic carbocycles. The first-order chi connectivity index (χ1) is 6.81. The van der Waals surface area contributed by atoms with Gasteiger partial charge in [0.25, 0.3) is 0 Å². The van der Waals surface area contributed by atoms with Gasteiger partial charge in [-0.15, -0.1) is 0 Å². The Labute approximate surface area is 85.5 Å². The monoisotopic (exact) mass is 204 g/mol. The van der Waals surface area contributed by atoms with Crippen LogP contribution in [0.1, 0.15) is 13.3 Å². The maximum atomic E-state index is 8.49. The lowest BCUT2D eigenvalue weighted by Gasteiger charge is -2.10. The zero-order chi connectivity index (χ0) is 10.6. The molecule has 0 aliphatic heterocycles. The molecule has 1 atom stereocenters. The molecule has 0 saturated heterocycles. The van der Waals surface area contributed by atoms with Crippen LogP contribution in [0.3, 0.4) is 0 Å². The van der Waals surface area contributed by atoms with Gasteiger partial charge in [-0.2, -0.15) is 0 Å². The van der Waals surface area contributed by atoms with E-state index in [1.165, 1.54) is 0 Å². The lowest BCUT2D eigenvalue weighted by Crippen LogP contribution is -2.12. The molecule has 0 aliphatic rings. The van der Waals surface area contributed by atoms with Crippen molar-refractivity contribution in [2.75, 3.05) is 33.7 Å². The standard InChI is InChI=1S/C10H20O4/c1-10(5-3-4-6-11)14-9-13-8-7-12-2/h3-4,10-11H,5-9H2,1-2H3/b4-3+. The van der Waals surface area contributed by atoms with Crippen LogP contribution in [0.2, 0.25) is 0 Å². The molecule has 0 heterocycles. The number of methoxy groups -OCH3 is 1. The van der Waals surface area contributed by atoms with Gasteiger partial charge in [-0.05, 0) is 13.3 Å². The Balaban J connectivity index is 3.18. The summed E-state index contributed by atoms with van der Waals surface area (Å²) < 4.78 is 15.3. The largest absolute Gasteiger partial charge is 0.392 e. The van der Waals surface area contributed by atoms with Crippen molar-refractivity contribution in [3.8, 4) is 0 Å². The second-order valence-electron chi connectivity index (χ2n) is 2.89. The van der Waals surface area contributed by atoms with E-state index in [1.807, 2.05) is 13.0 Å². The summed E-state index contributed by atoms with van der Waals surface area (Å²) in [4.78, 5) is 0. The SMILES string of the molecule is COCCOCOC(C)C/C=C/CO. The van der Waals surface area contributed by atoms with Crippen LogP contribution in [0, 0.1) is 0 Å².